The third-order valence-corrected chi connectivity index (χ3v) is 4.95. The molecule has 0 spiro atoms. The first-order valence-electron chi connectivity index (χ1n) is 9.29. The van der Waals surface area contributed by atoms with E-state index in [9.17, 15) is 9.59 Å². The van der Waals surface area contributed by atoms with Crippen molar-refractivity contribution in [1.29, 1.82) is 0 Å². The fourth-order valence-corrected chi connectivity index (χ4v) is 3.25. The van der Waals surface area contributed by atoms with Gasteiger partial charge in [0.2, 0.25) is 5.91 Å². The van der Waals surface area contributed by atoms with E-state index in [-0.39, 0.29) is 12.5 Å². The summed E-state index contributed by atoms with van der Waals surface area (Å²) in [4.78, 5) is 23.4. The Morgan fingerprint density at radius 2 is 1.63 bits per heavy atom. The smallest absolute Gasteiger partial charge is 0.341 e. The monoisotopic (exact) mass is 369 g/mol. The molecule has 0 heterocycles. The number of ether oxygens (including phenoxy) is 1. The minimum absolute atomic E-state index is 0.0557. The van der Waals surface area contributed by atoms with E-state index in [0.29, 0.717) is 18.7 Å². The Morgan fingerprint density at radius 1 is 1.00 bits per heavy atom. The van der Waals surface area contributed by atoms with Crippen LogP contribution in [-0.2, 0) is 21.4 Å². The quantitative estimate of drug-likeness (QED) is 0.671. The topological polar surface area (TPSA) is 75.6 Å². The predicted octanol–water partition coefficient (Wildman–Crippen LogP) is 3.57. The first kappa shape index (κ1) is 20.5. The summed E-state index contributed by atoms with van der Waals surface area (Å²) in [5.41, 5.74) is 1.60. The van der Waals surface area contributed by atoms with Gasteiger partial charge < -0.3 is 15.2 Å². The maximum absolute atomic E-state index is 12.9. The van der Waals surface area contributed by atoms with Crippen LogP contribution in [-0.4, -0.2) is 30.1 Å². The molecule has 0 saturated carbocycles. The molecule has 2 aromatic rings. The number of amides is 1. The molecule has 5 heteroatoms. The van der Waals surface area contributed by atoms with Crippen molar-refractivity contribution in [3.8, 4) is 5.75 Å². The Hall–Kier alpha value is -2.82. The number of carboxylic acid groups (broad SMARTS) is 1. The molecule has 5 nitrogen and oxygen atoms in total. The third kappa shape index (κ3) is 5.33. The third-order valence-electron chi connectivity index (χ3n) is 4.95. The first-order valence-corrected chi connectivity index (χ1v) is 9.29. The summed E-state index contributed by atoms with van der Waals surface area (Å²) >= 11 is 0. The molecule has 0 aromatic heterocycles. The van der Waals surface area contributed by atoms with Gasteiger partial charge in [-0.05, 0) is 42.5 Å². The van der Waals surface area contributed by atoms with Crippen LogP contribution in [0, 0.1) is 0 Å². The van der Waals surface area contributed by atoms with Gasteiger partial charge in [0.15, 0.2) is 6.61 Å². The summed E-state index contributed by atoms with van der Waals surface area (Å²) in [7, 11) is 0. The lowest BCUT2D eigenvalue weighted by molar-refractivity contribution is -0.139. The fourth-order valence-electron chi connectivity index (χ4n) is 3.25. The highest BCUT2D eigenvalue weighted by atomic mass is 16.5. The normalized spacial score (nSPS) is 11.0. The van der Waals surface area contributed by atoms with E-state index < -0.39 is 11.4 Å². The van der Waals surface area contributed by atoms with E-state index >= 15 is 0 Å². The number of carboxylic acids is 1. The number of aliphatic carboxylic acids is 1. The largest absolute Gasteiger partial charge is 0.482 e. The summed E-state index contributed by atoms with van der Waals surface area (Å²) in [6.07, 6.45) is 2.19. The van der Waals surface area contributed by atoms with Gasteiger partial charge in [0.05, 0.1) is 5.41 Å². The van der Waals surface area contributed by atoms with Crippen LogP contribution >= 0.6 is 0 Å². The molecule has 0 aliphatic rings. The molecule has 144 valence electrons. The molecular weight excluding hydrogens is 342 g/mol. The minimum atomic E-state index is -1.00. The van der Waals surface area contributed by atoms with E-state index in [4.69, 9.17) is 9.84 Å². The molecule has 2 N–H and O–H groups in total. The lowest BCUT2D eigenvalue weighted by Gasteiger charge is -2.31. The SMILES string of the molecule is CCC(CC)(C(=O)NCCc1ccc(OCC(=O)O)cc1)c1ccccc1. The standard InChI is InChI=1S/C22H27NO4/c1-3-22(4-2,18-8-6-5-7-9-18)21(26)23-15-14-17-10-12-19(13-11-17)27-16-20(24)25/h5-13H,3-4,14-16H2,1-2H3,(H,23,26)(H,24,25). The Kier molecular flexibility index (Phi) is 7.41. The van der Waals surface area contributed by atoms with Gasteiger partial charge in [0.25, 0.3) is 0 Å². The van der Waals surface area contributed by atoms with E-state index in [2.05, 4.69) is 5.32 Å². The average molecular weight is 369 g/mol. The highest BCUT2D eigenvalue weighted by Crippen LogP contribution is 2.31. The van der Waals surface area contributed by atoms with Crippen LogP contribution < -0.4 is 10.1 Å². The maximum Gasteiger partial charge on any atom is 0.341 e. The van der Waals surface area contributed by atoms with Gasteiger partial charge in [-0.1, -0.05) is 56.3 Å². The highest BCUT2D eigenvalue weighted by Gasteiger charge is 2.36. The Balaban J connectivity index is 1.93. The molecule has 27 heavy (non-hydrogen) atoms. The first-order chi connectivity index (χ1) is 13.0. The van der Waals surface area contributed by atoms with Gasteiger partial charge in [-0.15, -0.1) is 0 Å². The van der Waals surface area contributed by atoms with Crippen molar-refractivity contribution in [2.75, 3.05) is 13.2 Å². The maximum atomic E-state index is 12.9. The summed E-state index contributed by atoms with van der Waals surface area (Å²) < 4.78 is 5.12. The number of nitrogens with one attached hydrogen (secondary N) is 1. The van der Waals surface area contributed by atoms with Crippen molar-refractivity contribution in [2.45, 2.75) is 38.5 Å². The van der Waals surface area contributed by atoms with E-state index in [1.54, 1.807) is 12.1 Å². The molecule has 0 radical (unpaired) electrons. The molecule has 2 aromatic carbocycles. The van der Waals surface area contributed by atoms with Crippen molar-refractivity contribution in [3.05, 3.63) is 65.7 Å². The molecule has 0 bridgehead atoms. The van der Waals surface area contributed by atoms with Crippen molar-refractivity contribution in [1.82, 2.24) is 5.32 Å². The predicted molar refractivity (Wildman–Crippen MR) is 105 cm³/mol. The Bertz CT molecular complexity index is 737. The lowest BCUT2D eigenvalue weighted by Crippen LogP contribution is -2.44. The van der Waals surface area contributed by atoms with Crippen molar-refractivity contribution >= 4 is 11.9 Å². The Morgan fingerprint density at radius 3 is 2.19 bits per heavy atom. The van der Waals surface area contributed by atoms with Crippen molar-refractivity contribution in [2.24, 2.45) is 0 Å². The lowest BCUT2D eigenvalue weighted by atomic mass is 9.75. The summed E-state index contributed by atoms with van der Waals surface area (Å²) in [5.74, 6) is -0.430. The van der Waals surface area contributed by atoms with Crippen LogP contribution in [0.5, 0.6) is 5.75 Å². The van der Waals surface area contributed by atoms with E-state index in [0.717, 1.165) is 24.0 Å². The van der Waals surface area contributed by atoms with Crippen LogP contribution in [0.1, 0.15) is 37.8 Å². The second-order valence-corrected chi connectivity index (χ2v) is 6.49. The zero-order chi connectivity index (χ0) is 19.7. The zero-order valence-corrected chi connectivity index (χ0v) is 15.9. The average Bonchev–Trinajstić information content (AvgIpc) is 2.69. The molecule has 0 aliphatic heterocycles. The molecular formula is C22H27NO4. The van der Waals surface area contributed by atoms with Gasteiger partial charge in [0.1, 0.15) is 5.75 Å². The second-order valence-electron chi connectivity index (χ2n) is 6.49. The van der Waals surface area contributed by atoms with Crippen LogP contribution in [0.3, 0.4) is 0 Å². The number of rotatable bonds is 10. The van der Waals surface area contributed by atoms with Crippen LogP contribution in [0.2, 0.25) is 0 Å². The molecule has 0 unspecified atom stereocenters. The van der Waals surface area contributed by atoms with Gasteiger partial charge in [-0.3, -0.25) is 4.79 Å². The number of carbonyl (C=O) groups is 2. The molecule has 2 rings (SSSR count). The van der Waals surface area contributed by atoms with E-state index in [1.165, 1.54) is 0 Å². The van der Waals surface area contributed by atoms with Crippen LogP contribution in [0.25, 0.3) is 0 Å². The van der Waals surface area contributed by atoms with Gasteiger partial charge in [-0.25, -0.2) is 4.79 Å². The van der Waals surface area contributed by atoms with Crippen molar-refractivity contribution in [3.63, 3.8) is 0 Å². The fraction of sp³-hybridized carbons (Fsp3) is 0.364. The number of hydrogen-bond acceptors (Lipinski definition) is 3. The molecule has 0 saturated heterocycles. The molecule has 0 aliphatic carbocycles. The zero-order valence-electron chi connectivity index (χ0n) is 15.9. The molecule has 0 fully saturated rings. The second kappa shape index (κ2) is 9.76. The van der Waals surface area contributed by atoms with Gasteiger partial charge in [0, 0.05) is 6.54 Å². The number of carbonyl (C=O) groups excluding carboxylic acids is 1. The summed E-state index contributed by atoms with van der Waals surface area (Å²) in [5, 5.41) is 11.7. The van der Waals surface area contributed by atoms with Gasteiger partial charge in [-0.2, -0.15) is 0 Å². The Labute approximate surface area is 160 Å². The molecule has 0 atom stereocenters. The van der Waals surface area contributed by atoms with E-state index in [1.807, 2.05) is 56.3 Å². The van der Waals surface area contributed by atoms with Gasteiger partial charge >= 0.3 is 5.97 Å². The summed E-state index contributed by atoms with van der Waals surface area (Å²) in [6, 6.07) is 17.2. The minimum Gasteiger partial charge on any atom is -0.482 e. The van der Waals surface area contributed by atoms with Crippen LogP contribution in [0.15, 0.2) is 54.6 Å². The highest BCUT2D eigenvalue weighted by molar-refractivity contribution is 5.88. The summed E-state index contributed by atoms with van der Waals surface area (Å²) in [6.45, 7) is 4.28. The van der Waals surface area contributed by atoms with Crippen molar-refractivity contribution < 1.29 is 19.4 Å². The number of hydrogen-bond donors (Lipinski definition) is 2. The number of benzene rings is 2. The van der Waals surface area contributed by atoms with Crippen LogP contribution in [0.4, 0.5) is 0 Å². The molecule has 1 amide bonds.